The molecule has 1 unspecified atom stereocenters. The summed E-state index contributed by atoms with van der Waals surface area (Å²) < 4.78 is 49.4. The van der Waals surface area contributed by atoms with Crippen LogP contribution in [0, 0.1) is 0 Å². The van der Waals surface area contributed by atoms with Crippen LogP contribution in [0.15, 0.2) is 42.5 Å². The number of piperazine rings is 1. The third-order valence-corrected chi connectivity index (χ3v) is 5.12. The average Bonchev–Trinajstić information content (AvgIpc) is 3.16. The van der Waals surface area contributed by atoms with Crippen molar-refractivity contribution in [3.05, 3.63) is 53.6 Å². The molecular weight excluding hydrogens is 373 g/mol. The number of alkyl halides is 3. The maximum absolute atomic E-state index is 12.9. The largest absolute Gasteiger partial charge is 0.454 e. The maximum atomic E-state index is 12.9. The Morgan fingerprint density at radius 2 is 1.71 bits per heavy atom. The smallest absolute Gasteiger partial charge is 0.416 e. The fourth-order valence-electron chi connectivity index (χ4n) is 3.54. The van der Waals surface area contributed by atoms with Crippen LogP contribution in [0.5, 0.6) is 11.5 Å². The Kier molecular flexibility index (Phi) is 5.07. The van der Waals surface area contributed by atoms with Crippen molar-refractivity contribution >= 4 is 5.69 Å². The zero-order valence-electron chi connectivity index (χ0n) is 15.2. The lowest BCUT2D eigenvalue weighted by Gasteiger charge is -2.37. The van der Waals surface area contributed by atoms with E-state index < -0.39 is 17.8 Å². The van der Waals surface area contributed by atoms with E-state index in [4.69, 9.17) is 9.47 Å². The normalized spacial score (nSPS) is 18.4. The van der Waals surface area contributed by atoms with Crippen molar-refractivity contribution in [3.8, 4) is 11.5 Å². The van der Waals surface area contributed by atoms with E-state index in [1.165, 1.54) is 12.1 Å². The van der Waals surface area contributed by atoms with Gasteiger partial charge >= 0.3 is 6.18 Å². The van der Waals surface area contributed by atoms with E-state index in [9.17, 15) is 18.3 Å². The number of rotatable bonds is 4. The average molecular weight is 394 g/mol. The summed E-state index contributed by atoms with van der Waals surface area (Å²) in [6.45, 7) is 3.18. The van der Waals surface area contributed by atoms with Gasteiger partial charge in [-0.1, -0.05) is 12.1 Å². The van der Waals surface area contributed by atoms with Crippen LogP contribution in [0.25, 0.3) is 0 Å². The molecule has 0 saturated carbocycles. The van der Waals surface area contributed by atoms with Crippen LogP contribution in [0.3, 0.4) is 0 Å². The molecular formula is C20H21F3N2O3. The van der Waals surface area contributed by atoms with Gasteiger partial charge in [0, 0.05) is 38.4 Å². The van der Waals surface area contributed by atoms with Gasteiger partial charge in [0.05, 0.1) is 11.7 Å². The van der Waals surface area contributed by atoms with E-state index in [1.54, 1.807) is 18.2 Å². The number of nitrogens with zero attached hydrogens (tertiary/aromatic N) is 2. The summed E-state index contributed by atoms with van der Waals surface area (Å²) in [6.07, 6.45) is -5.01. The van der Waals surface area contributed by atoms with E-state index in [1.807, 2.05) is 11.0 Å². The van der Waals surface area contributed by atoms with Crippen molar-refractivity contribution in [2.24, 2.45) is 0 Å². The summed E-state index contributed by atoms with van der Waals surface area (Å²) >= 11 is 0. The Morgan fingerprint density at radius 1 is 0.964 bits per heavy atom. The Bertz CT molecular complexity index is 836. The first kappa shape index (κ1) is 18.9. The van der Waals surface area contributed by atoms with Crippen LogP contribution in [-0.2, 0) is 6.18 Å². The highest BCUT2D eigenvalue weighted by Crippen LogP contribution is 2.35. The van der Waals surface area contributed by atoms with Gasteiger partial charge in [0.15, 0.2) is 11.5 Å². The molecule has 150 valence electrons. The summed E-state index contributed by atoms with van der Waals surface area (Å²) in [7, 11) is 0. The van der Waals surface area contributed by atoms with Gasteiger partial charge < -0.3 is 19.5 Å². The molecule has 1 fully saturated rings. The van der Waals surface area contributed by atoms with Crippen molar-refractivity contribution < 1.29 is 27.8 Å². The molecule has 0 aromatic heterocycles. The van der Waals surface area contributed by atoms with Crippen LogP contribution >= 0.6 is 0 Å². The molecule has 28 heavy (non-hydrogen) atoms. The first-order chi connectivity index (χ1) is 13.4. The summed E-state index contributed by atoms with van der Waals surface area (Å²) in [5, 5.41) is 10.5. The van der Waals surface area contributed by atoms with Crippen LogP contribution in [-0.4, -0.2) is 49.5 Å². The topological polar surface area (TPSA) is 45.2 Å². The number of ether oxygens (including phenoxy) is 2. The van der Waals surface area contributed by atoms with Crippen molar-refractivity contribution in [2.45, 2.75) is 12.3 Å². The van der Waals surface area contributed by atoms with Crippen molar-refractivity contribution in [3.63, 3.8) is 0 Å². The minimum atomic E-state index is -4.34. The monoisotopic (exact) mass is 394 g/mol. The molecule has 1 atom stereocenters. The zero-order chi connectivity index (χ0) is 19.7. The number of hydrogen-bond acceptors (Lipinski definition) is 5. The molecule has 2 heterocycles. The predicted octanol–water partition coefficient (Wildman–Crippen LogP) is 3.29. The number of anilines is 1. The molecule has 5 nitrogen and oxygen atoms in total. The van der Waals surface area contributed by atoms with E-state index in [-0.39, 0.29) is 6.79 Å². The van der Waals surface area contributed by atoms with E-state index in [0.717, 1.165) is 11.6 Å². The number of fused-ring (bicyclic) bond motifs is 1. The van der Waals surface area contributed by atoms with Crippen LogP contribution in [0.1, 0.15) is 17.2 Å². The van der Waals surface area contributed by atoms with E-state index in [0.29, 0.717) is 49.9 Å². The second kappa shape index (κ2) is 7.52. The summed E-state index contributed by atoms with van der Waals surface area (Å²) in [5.74, 6) is 1.30. The molecule has 0 amide bonds. The molecule has 1 saturated heterocycles. The third kappa shape index (κ3) is 4.02. The molecule has 2 aliphatic heterocycles. The van der Waals surface area contributed by atoms with Crippen LogP contribution in [0.4, 0.5) is 18.9 Å². The Hall–Kier alpha value is -2.45. The molecule has 2 aromatic carbocycles. The van der Waals surface area contributed by atoms with Crippen molar-refractivity contribution in [2.75, 3.05) is 44.4 Å². The molecule has 2 aromatic rings. The van der Waals surface area contributed by atoms with Gasteiger partial charge in [0.2, 0.25) is 6.79 Å². The van der Waals surface area contributed by atoms with Gasteiger partial charge in [-0.2, -0.15) is 13.2 Å². The molecule has 8 heteroatoms. The highest BCUT2D eigenvalue weighted by atomic mass is 19.4. The minimum absolute atomic E-state index is 0.187. The highest BCUT2D eigenvalue weighted by Gasteiger charge is 2.31. The predicted molar refractivity (Wildman–Crippen MR) is 97.6 cm³/mol. The zero-order valence-corrected chi connectivity index (χ0v) is 15.2. The first-order valence-electron chi connectivity index (χ1n) is 9.12. The van der Waals surface area contributed by atoms with E-state index >= 15 is 0 Å². The van der Waals surface area contributed by atoms with Gasteiger partial charge in [0.1, 0.15) is 0 Å². The van der Waals surface area contributed by atoms with Crippen molar-refractivity contribution in [1.82, 2.24) is 4.90 Å². The number of benzene rings is 2. The second-order valence-electron chi connectivity index (χ2n) is 6.96. The number of hydrogen-bond donors (Lipinski definition) is 1. The lowest BCUT2D eigenvalue weighted by molar-refractivity contribution is -0.137. The molecule has 1 N–H and O–H groups in total. The van der Waals surface area contributed by atoms with Gasteiger partial charge in [0.25, 0.3) is 0 Å². The Morgan fingerprint density at radius 3 is 2.46 bits per heavy atom. The Balaban J connectivity index is 1.34. The quantitative estimate of drug-likeness (QED) is 0.862. The summed E-state index contributed by atoms with van der Waals surface area (Å²) in [6, 6.07) is 10.8. The van der Waals surface area contributed by atoms with Crippen LogP contribution in [0.2, 0.25) is 0 Å². The lowest BCUT2D eigenvalue weighted by Crippen LogP contribution is -2.47. The fraction of sp³-hybridized carbons (Fsp3) is 0.400. The number of aliphatic hydroxyl groups is 1. The number of aliphatic hydroxyl groups excluding tert-OH is 1. The Labute approximate surface area is 160 Å². The molecule has 0 spiro atoms. The molecule has 0 bridgehead atoms. The van der Waals surface area contributed by atoms with Crippen molar-refractivity contribution in [1.29, 1.82) is 0 Å². The maximum Gasteiger partial charge on any atom is 0.416 e. The molecule has 2 aliphatic rings. The second-order valence-corrected chi connectivity index (χ2v) is 6.96. The lowest BCUT2D eigenvalue weighted by atomic mass is 10.1. The minimum Gasteiger partial charge on any atom is -0.454 e. The summed E-state index contributed by atoms with van der Waals surface area (Å²) in [4.78, 5) is 4.05. The molecule has 0 aliphatic carbocycles. The van der Waals surface area contributed by atoms with Gasteiger partial charge in [-0.15, -0.1) is 0 Å². The van der Waals surface area contributed by atoms with Gasteiger partial charge in [-0.25, -0.2) is 0 Å². The SMILES string of the molecule is OC(CN1CCN(c2cccc(C(F)(F)F)c2)CC1)c1ccc2c(c1)OCO2. The standard InChI is InChI=1S/C20H21F3N2O3/c21-20(22,23)15-2-1-3-16(11-15)25-8-6-24(7-9-25)12-17(26)14-4-5-18-19(10-14)28-13-27-18/h1-5,10-11,17,26H,6-9,12-13H2. The molecule has 4 rings (SSSR count). The summed E-state index contributed by atoms with van der Waals surface area (Å²) in [5.41, 5.74) is 0.695. The number of halogens is 3. The number of β-amino-alcohol motifs (C(OH)–C–C–N with tert-alkyl or cyclic N) is 1. The first-order valence-corrected chi connectivity index (χ1v) is 9.12. The fourth-order valence-corrected chi connectivity index (χ4v) is 3.54. The van der Waals surface area contributed by atoms with Crippen LogP contribution < -0.4 is 14.4 Å². The molecule has 0 radical (unpaired) electrons. The third-order valence-electron chi connectivity index (χ3n) is 5.12. The highest BCUT2D eigenvalue weighted by molar-refractivity contribution is 5.50. The van der Waals surface area contributed by atoms with Gasteiger partial charge in [-0.3, -0.25) is 4.90 Å². The van der Waals surface area contributed by atoms with Gasteiger partial charge in [-0.05, 0) is 35.9 Å². The van der Waals surface area contributed by atoms with E-state index in [2.05, 4.69) is 4.90 Å².